The predicted octanol–water partition coefficient (Wildman–Crippen LogP) is 3.37. The van der Waals surface area contributed by atoms with Crippen LogP contribution < -0.4 is 10.1 Å². The Morgan fingerprint density at radius 3 is 2.60 bits per heavy atom. The van der Waals surface area contributed by atoms with Crippen LogP contribution >= 0.6 is 15.9 Å². The maximum atomic E-state index is 11.0. The maximum absolute atomic E-state index is 11.0. The Morgan fingerprint density at radius 1 is 1.30 bits per heavy atom. The largest absolute Gasteiger partial charge is 0.481 e. The summed E-state index contributed by atoms with van der Waals surface area (Å²) in [4.78, 5) is 14.5. The van der Waals surface area contributed by atoms with Crippen molar-refractivity contribution in [3.8, 4) is 5.88 Å². The first-order valence-electron chi connectivity index (χ1n) is 5.78. The monoisotopic (exact) mass is 337 g/mol. The molecule has 0 fully saturated rings. The summed E-state index contributed by atoms with van der Waals surface area (Å²) in [6.07, 6.45) is 0. The lowest BCUT2D eigenvalue weighted by molar-refractivity contribution is -0.384. The molecule has 1 N–H and O–H groups in total. The van der Waals surface area contributed by atoms with Crippen LogP contribution in [0.15, 0.2) is 40.9 Å². The van der Waals surface area contributed by atoms with Crippen molar-refractivity contribution in [1.82, 2.24) is 4.98 Å². The van der Waals surface area contributed by atoms with Crippen molar-refractivity contribution >= 4 is 27.4 Å². The molecule has 104 valence electrons. The second kappa shape index (κ2) is 6.33. The third kappa shape index (κ3) is 3.45. The Labute approximate surface area is 124 Å². The minimum Gasteiger partial charge on any atom is -0.481 e. The van der Waals surface area contributed by atoms with E-state index in [1.165, 1.54) is 19.2 Å². The van der Waals surface area contributed by atoms with E-state index in [0.717, 1.165) is 10.0 Å². The molecule has 1 aromatic carbocycles. The van der Waals surface area contributed by atoms with Crippen molar-refractivity contribution < 1.29 is 9.66 Å². The van der Waals surface area contributed by atoms with Gasteiger partial charge in [0.25, 0.3) is 0 Å². The van der Waals surface area contributed by atoms with Crippen molar-refractivity contribution in [2.45, 2.75) is 6.54 Å². The fourth-order valence-corrected chi connectivity index (χ4v) is 1.88. The van der Waals surface area contributed by atoms with Gasteiger partial charge >= 0.3 is 5.69 Å². The number of ether oxygens (including phenoxy) is 1. The summed E-state index contributed by atoms with van der Waals surface area (Å²) in [5.41, 5.74) is 0.912. The summed E-state index contributed by atoms with van der Waals surface area (Å²) in [5, 5.41) is 13.9. The number of rotatable bonds is 5. The van der Waals surface area contributed by atoms with Gasteiger partial charge in [0, 0.05) is 23.2 Å². The second-order valence-electron chi connectivity index (χ2n) is 3.96. The average molecular weight is 338 g/mol. The summed E-state index contributed by atoms with van der Waals surface area (Å²) in [6, 6.07) is 10.5. The van der Waals surface area contributed by atoms with E-state index in [-0.39, 0.29) is 11.5 Å². The normalized spacial score (nSPS) is 10.1. The number of nitrogens with zero attached hydrogens (tertiary/aromatic N) is 2. The molecule has 0 aliphatic rings. The van der Waals surface area contributed by atoms with E-state index < -0.39 is 4.92 Å². The third-order valence-electron chi connectivity index (χ3n) is 2.63. The standard InChI is InChI=1S/C13H12BrN3O3/c1-20-12-7-6-11(17(18)19)13(16-12)15-8-9-2-4-10(14)5-3-9/h2-7H,8H2,1H3,(H,15,16). The molecular weight excluding hydrogens is 326 g/mol. The Bertz CT molecular complexity index is 617. The number of pyridine rings is 1. The number of anilines is 1. The molecule has 1 heterocycles. The van der Waals surface area contributed by atoms with Crippen LogP contribution in [0.1, 0.15) is 5.56 Å². The SMILES string of the molecule is COc1ccc([N+](=O)[O-])c(NCc2ccc(Br)cc2)n1. The van der Waals surface area contributed by atoms with Gasteiger partial charge in [0.1, 0.15) is 0 Å². The van der Waals surface area contributed by atoms with Gasteiger partial charge in [0.15, 0.2) is 0 Å². The van der Waals surface area contributed by atoms with Gasteiger partial charge < -0.3 is 10.1 Å². The average Bonchev–Trinajstić information content (AvgIpc) is 2.46. The van der Waals surface area contributed by atoms with Gasteiger partial charge in [-0.2, -0.15) is 4.98 Å². The first kappa shape index (κ1) is 14.3. The van der Waals surface area contributed by atoms with Crippen molar-refractivity contribution in [2.75, 3.05) is 12.4 Å². The molecule has 0 amide bonds. The summed E-state index contributed by atoms with van der Waals surface area (Å²) in [6.45, 7) is 0.439. The van der Waals surface area contributed by atoms with Crippen LogP contribution in [0.25, 0.3) is 0 Å². The topological polar surface area (TPSA) is 77.3 Å². The lowest BCUT2D eigenvalue weighted by atomic mass is 10.2. The highest BCUT2D eigenvalue weighted by atomic mass is 79.9. The van der Waals surface area contributed by atoms with Crippen LogP contribution in [0, 0.1) is 10.1 Å². The Kier molecular flexibility index (Phi) is 4.52. The molecule has 0 atom stereocenters. The van der Waals surface area contributed by atoms with Crippen molar-refractivity contribution in [3.05, 3.63) is 56.5 Å². The van der Waals surface area contributed by atoms with Crippen molar-refractivity contribution in [3.63, 3.8) is 0 Å². The maximum Gasteiger partial charge on any atom is 0.311 e. The third-order valence-corrected chi connectivity index (χ3v) is 3.16. The molecule has 2 aromatic rings. The highest BCUT2D eigenvalue weighted by Gasteiger charge is 2.16. The zero-order valence-electron chi connectivity index (χ0n) is 10.7. The Balaban J connectivity index is 2.18. The number of hydrogen-bond donors (Lipinski definition) is 1. The summed E-state index contributed by atoms with van der Waals surface area (Å²) < 4.78 is 5.96. The van der Waals surface area contributed by atoms with E-state index in [0.29, 0.717) is 12.4 Å². The van der Waals surface area contributed by atoms with Crippen LogP contribution in [0.4, 0.5) is 11.5 Å². The highest BCUT2D eigenvalue weighted by Crippen LogP contribution is 2.25. The van der Waals surface area contributed by atoms with Gasteiger partial charge in [0.05, 0.1) is 12.0 Å². The number of halogens is 1. The molecule has 0 bridgehead atoms. The number of hydrogen-bond acceptors (Lipinski definition) is 5. The molecule has 0 spiro atoms. The number of benzene rings is 1. The molecule has 6 nitrogen and oxygen atoms in total. The molecule has 0 unspecified atom stereocenters. The molecule has 0 radical (unpaired) electrons. The number of methoxy groups -OCH3 is 1. The van der Waals surface area contributed by atoms with Crippen LogP contribution in [-0.2, 0) is 6.54 Å². The van der Waals surface area contributed by atoms with Gasteiger partial charge in [-0.25, -0.2) is 0 Å². The number of nitro groups is 1. The van der Waals surface area contributed by atoms with E-state index in [2.05, 4.69) is 26.2 Å². The molecule has 0 saturated heterocycles. The highest BCUT2D eigenvalue weighted by molar-refractivity contribution is 9.10. The summed E-state index contributed by atoms with van der Waals surface area (Å²) in [5.74, 6) is 0.520. The first-order valence-corrected chi connectivity index (χ1v) is 6.57. The van der Waals surface area contributed by atoms with Gasteiger partial charge in [-0.1, -0.05) is 28.1 Å². The van der Waals surface area contributed by atoms with Gasteiger partial charge in [-0.15, -0.1) is 0 Å². The van der Waals surface area contributed by atoms with Gasteiger partial charge in [-0.3, -0.25) is 10.1 Å². The fraction of sp³-hybridized carbons (Fsp3) is 0.154. The van der Waals surface area contributed by atoms with Gasteiger partial charge in [0.2, 0.25) is 11.7 Å². The van der Waals surface area contributed by atoms with E-state index in [4.69, 9.17) is 4.74 Å². The van der Waals surface area contributed by atoms with E-state index in [1.807, 2.05) is 24.3 Å². The van der Waals surface area contributed by atoms with E-state index in [1.54, 1.807) is 0 Å². The molecular formula is C13H12BrN3O3. The van der Waals surface area contributed by atoms with Crippen LogP contribution in [0.2, 0.25) is 0 Å². The lowest BCUT2D eigenvalue weighted by Gasteiger charge is -2.08. The van der Waals surface area contributed by atoms with E-state index >= 15 is 0 Å². The zero-order valence-corrected chi connectivity index (χ0v) is 12.3. The predicted molar refractivity (Wildman–Crippen MR) is 78.9 cm³/mol. The molecule has 20 heavy (non-hydrogen) atoms. The van der Waals surface area contributed by atoms with Crippen LogP contribution in [0.5, 0.6) is 5.88 Å². The number of aromatic nitrogens is 1. The molecule has 0 aliphatic heterocycles. The van der Waals surface area contributed by atoms with Crippen LogP contribution in [0.3, 0.4) is 0 Å². The quantitative estimate of drug-likeness (QED) is 0.668. The fourth-order valence-electron chi connectivity index (χ4n) is 1.61. The summed E-state index contributed by atoms with van der Waals surface area (Å²) in [7, 11) is 1.46. The Hall–Kier alpha value is -2.15. The molecule has 2 rings (SSSR count). The smallest absolute Gasteiger partial charge is 0.311 e. The molecule has 7 heteroatoms. The zero-order chi connectivity index (χ0) is 14.5. The van der Waals surface area contributed by atoms with E-state index in [9.17, 15) is 10.1 Å². The minimum absolute atomic E-state index is 0.0806. The molecule has 1 aromatic heterocycles. The van der Waals surface area contributed by atoms with Crippen molar-refractivity contribution in [2.24, 2.45) is 0 Å². The summed E-state index contributed by atoms with van der Waals surface area (Å²) >= 11 is 3.35. The first-order chi connectivity index (χ1) is 9.60. The molecule has 0 saturated carbocycles. The minimum atomic E-state index is -0.476. The van der Waals surface area contributed by atoms with Crippen molar-refractivity contribution in [1.29, 1.82) is 0 Å². The van der Waals surface area contributed by atoms with Gasteiger partial charge in [-0.05, 0) is 17.7 Å². The molecule has 0 aliphatic carbocycles. The number of nitrogens with one attached hydrogen (secondary N) is 1. The van der Waals surface area contributed by atoms with Crippen LogP contribution in [-0.4, -0.2) is 17.0 Å². The Morgan fingerprint density at radius 2 is 2.00 bits per heavy atom. The lowest BCUT2D eigenvalue weighted by Crippen LogP contribution is -2.05. The second-order valence-corrected chi connectivity index (χ2v) is 4.87.